The summed E-state index contributed by atoms with van der Waals surface area (Å²) in [7, 11) is 1.25. The van der Waals surface area contributed by atoms with Gasteiger partial charge in [0.15, 0.2) is 5.65 Å². The molecule has 0 saturated heterocycles. The molecule has 0 aliphatic carbocycles. The van der Waals surface area contributed by atoms with E-state index in [2.05, 4.69) is 19.7 Å². The number of hydrogen-bond donors (Lipinski definition) is 3. The number of aromatic amines is 3. The Bertz CT molecular complexity index is 650. The summed E-state index contributed by atoms with van der Waals surface area (Å²) in [6.07, 6.45) is -0.0906. The quantitative estimate of drug-likeness (QED) is 0.545. The fourth-order valence-corrected chi connectivity index (χ4v) is 1.27. The summed E-state index contributed by atoms with van der Waals surface area (Å²) in [5, 5.41) is 0. The third-order valence-corrected chi connectivity index (χ3v) is 1.98. The van der Waals surface area contributed by atoms with Gasteiger partial charge in [-0.05, 0) is 0 Å². The summed E-state index contributed by atoms with van der Waals surface area (Å²) in [5.41, 5.74) is -0.984. The van der Waals surface area contributed by atoms with Gasteiger partial charge in [-0.15, -0.1) is 0 Å². The Labute approximate surface area is 87.7 Å². The van der Waals surface area contributed by atoms with Gasteiger partial charge in [-0.2, -0.15) is 0 Å². The molecular formula is C8H8N4O4. The summed E-state index contributed by atoms with van der Waals surface area (Å²) in [6, 6.07) is 0. The number of methoxy groups -OCH3 is 1. The number of carbonyl (C=O) groups is 1. The summed E-state index contributed by atoms with van der Waals surface area (Å²) < 4.78 is 4.45. The maximum atomic E-state index is 11.3. The fraction of sp³-hybridized carbons (Fsp3) is 0.250. The second-order valence-electron chi connectivity index (χ2n) is 3.07. The number of aromatic nitrogens is 4. The minimum Gasteiger partial charge on any atom is -0.469 e. The molecule has 0 aromatic carbocycles. The van der Waals surface area contributed by atoms with Crippen LogP contribution in [0, 0.1) is 0 Å². The van der Waals surface area contributed by atoms with Crippen LogP contribution in [-0.2, 0) is 16.0 Å². The molecule has 0 atom stereocenters. The smallest absolute Gasteiger partial charge is 0.327 e. The van der Waals surface area contributed by atoms with Crippen LogP contribution in [0.15, 0.2) is 9.59 Å². The first-order chi connectivity index (χ1) is 7.60. The van der Waals surface area contributed by atoms with Crippen LogP contribution in [0.2, 0.25) is 0 Å². The van der Waals surface area contributed by atoms with Crippen LogP contribution in [0.5, 0.6) is 0 Å². The largest absolute Gasteiger partial charge is 0.469 e. The monoisotopic (exact) mass is 224 g/mol. The Hall–Kier alpha value is -2.38. The molecule has 8 heteroatoms. The van der Waals surface area contributed by atoms with Gasteiger partial charge in [-0.3, -0.25) is 19.6 Å². The van der Waals surface area contributed by atoms with E-state index in [-0.39, 0.29) is 23.4 Å². The first-order valence-electron chi connectivity index (χ1n) is 4.38. The van der Waals surface area contributed by atoms with Crippen molar-refractivity contribution in [1.82, 2.24) is 19.9 Å². The first-order valence-corrected chi connectivity index (χ1v) is 4.38. The third kappa shape index (κ3) is 1.72. The Kier molecular flexibility index (Phi) is 2.31. The van der Waals surface area contributed by atoms with Crippen molar-refractivity contribution in [2.24, 2.45) is 0 Å². The van der Waals surface area contributed by atoms with Crippen LogP contribution in [0.4, 0.5) is 0 Å². The van der Waals surface area contributed by atoms with E-state index in [1.807, 2.05) is 4.98 Å². The zero-order valence-corrected chi connectivity index (χ0v) is 8.29. The number of rotatable bonds is 2. The van der Waals surface area contributed by atoms with Gasteiger partial charge in [0.1, 0.15) is 17.8 Å². The van der Waals surface area contributed by atoms with E-state index in [0.29, 0.717) is 0 Å². The number of fused-ring (bicyclic) bond motifs is 1. The van der Waals surface area contributed by atoms with E-state index in [0.717, 1.165) is 0 Å². The molecule has 0 radical (unpaired) electrons. The minimum absolute atomic E-state index is 0.0906. The molecule has 16 heavy (non-hydrogen) atoms. The number of hydrogen-bond acceptors (Lipinski definition) is 5. The van der Waals surface area contributed by atoms with Crippen molar-refractivity contribution < 1.29 is 9.53 Å². The van der Waals surface area contributed by atoms with Crippen molar-refractivity contribution in [2.75, 3.05) is 7.11 Å². The van der Waals surface area contributed by atoms with E-state index in [9.17, 15) is 14.4 Å². The van der Waals surface area contributed by atoms with Crippen LogP contribution in [-0.4, -0.2) is 33.0 Å². The average Bonchev–Trinajstić information content (AvgIpc) is 2.60. The van der Waals surface area contributed by atoms with Crippen molar-refractivity contribution >= 4 is 17.1 Å². The number of H-pyrrole nitrogens is 3. The summed E-state index contributed by atoms with van der Waals surface area (Å²) in [5.74, 6) is -0.230. The van der Waals surface area contributed by atoms with Gasteiger partial charge in [0.05, 0.1) is 7.11 Å². The highest BCUT2D eigenvalue weighted by Gasteiger charge is 2.10. The molecule has 0 saturated carbocycles. The Morgan fingerprint density at radius 1 is 1.31 bits per heavy atom. The van der Waals surface area contributed by atoms with Crippen molar-refractivity contribution in [3.8, 4) is 0 Å². The van der Waals surface area contributed by atoms with Crippen molar-refractivity contribution in [1.29, 1.82) is 0 Å². The molecule has 8 nitrogen and oxygen atoms in total. The number of nitrogens with zero attached hydrogens (tertiary/aromatic N) is 1. The summed E-state index contributed by atoms with van der Waals surface area (Å²) >= 11 is 0. The molecule has 3 N–H and O–H groups in total. The van der Waals surface area contributed by atoms with Crippen molar-refractivity contribution in [3.05, 3.63) is 26.7 Å². The van der Waals surface area contributed by atoms with Crippen molar-refractivity contribution in [2.45, 2.75) is 6.42 Å². The van der Waals surface area contributed by atoms with E-state index < -0.39 is 17.2 Å². The number of nitrogens with one attached hydrogen (secondary N) is 3. The molecule has 2 heterocycles. The maximum Gasteiger partial charge on any atom is 0.327 e. The minimum atomic E-state index is -0.645. The Balaban J connectivity index is 2.52. The zero-order valence-electron chi connectivity index (χ0n) is 8.29. The number of esters is 1. The van der Waals surface area contributed by atoms with Gasteiger partial charge in [0.2, 0.25) is 0 Å². The first kappa shape index (κ1) is 10.1. The summed E-state index contributed by atoms with van der Waals surface area (Å²) in [6.45, 7) is 0. The molecule has 0 bridgehead atoms. The molecule has 2 aromatic rings. The highest BCUT2D eigenvalue weighted by molar-refractivity contribution is 5.74. The standard InChI is InChI=1S/C8H8N4O4/c1-16-4(13)2-3-9-5-6(10-3)11-8(15)12-7(5)14/h2H2,1H3,(H3,9,10,11,12,14,15). The second-order valence-corrected chi connectivity index (χ2v) is 3.07. The molecular weight excluding hydrogens is 216 g/mol. The van der Waals surface area contributed by atoms with E-state index in [1.54, 1.807) is 0 Å². The summed E-state index contributed by atoms with van der Waals surface area (Å²) in [4.78, 5) is 44.1. The number of carbonyl (C=O) groups excluding carboxylic acids is 1. The maximum absolute atomic E-state index is 11.3. The Morgan fingerprint density at radius 2 is 2.06 bits per heavy atom. The molecule has 84 valence electrons. The fourth-order valence-electron chi connectivity index (χ4n) is 1.27. The van der Waals surface area contributed by atoms with E-state index >= 15 is 0 Å². The van der Waals surface area contributed by atoms with Crippen LogP contribution in [0.25, 0.3) is 11.2 Å². The van der Waals surface area contributed by atoms with Gasteiger partial charge in [0, 0.05) is 0 Å². The van der Waals surface area contributed by atoms with Crippen LogP contribution in [0.1, 0.15) is 5.82 Å². The Morgan fingerprint density at radius 3 is 2.75 bits per heavy atom. The number of ether oxygens (including phenoxy) is 1. The van der Waals surface area contributed by atoms with Crippen LogP contribution in [0.3, 0.4) is 0 Å². The molecule has 0 aliphatic rings. The molecule has 0 unspecified atom stereocenters. The van der Waals surface area contributed by atoms with Crippen molar-refractivity contribution in [3.63, 3.8) is 0 Å². The van der Waals surface area contributed by atoms with E-state index in [4.69, 9.17) is 0 Å². The van der Waals surface area contributed by atoms with E-state index in [1.165, 1.54) is 7.11 Å². The molecule has 2 aromatic heterocycles. The number of imidazole rings is 1. The van der Waals surface area contributed by atoms with Gasteiger partial charge in [-0.25, -0.2) is 9.78 Å². The highest BCUT2D eigenvalue weighted by atomic mass is 16.5. The van der Waals surface area contributed by atoms with Gasteiger partial charge >= 0.3 is 11.7 Å². The lowest BCUT2D eigenvalue weighted by Crippen LogP contribution is -2.21. The zero-order chi connectivity index (χ0) is 11.7. The average molecular weight is 224 g/mol. The SMILES string of the molecule is COC(=O)Cc1nc2[nH]c(=O)[nH]c(=O)c2[nH]1. The highest BCUT2D eigenvalue weighted by Crippen LogP contribution is 2.02. The predicted molar refractivity (Wildman–Crippen MR) is 53.1 cm³/mol. The normalized spacial score (nSPS) is 10.6. The molecule has 2 rings (SSSR count). The topological polar surface area (TPSA) is 121 Å². The lowest BCUT2D eigenvalue weighted by Gasteiger charge is -1.93. The predicted octanol–water partition coefficient (Wildman–Crippen LogP) is -1.34. The third-order valence-electron chi connectivity index (χ3n) is 1.98. The molecule has 0 amide bonds. The van der Waals surface area contributed by atoms with Crippen LogP contribution >= 0.6 is 0 Å². The van der Waals surface area contributed by atoms with Gasteiger partial charge in [-0.1, -0.05) is 0 Å². The van der Waals surface area contributed by atoms with Gasteiger partial charge in [0.25, 0.3) is 5.56 Å². The molecule has 0 spiro atoms. The second kappa shape index (κ2) is 3.65. The van der Waals surface area contributed by atoms with Gasteiger partial charge < -0.3 is 9.72 Å². The molecule has 0 aliphatic heterocycles. The lowest BCUT2D eigenvalue weighted by molar-refractivity contribution is -0.139. The van der Waals surface area contributed by atoms with Crippen LogP contribution < -0.4 is 11.2 Å². The molecule has 0 fully saturated rings. The lowest BCUT2D eigenvalue weighted by atomic mass is 10.4.